The van der Waals surface area contributed by atoms with Gasteiger partial charge in [0.2, 0.25) is 0 Å². The van der Waals surface area contributed by atoms with Gasteiger partial charge in [0.1, 0.15) is 0 Å². The summed E-state index contributed by atoms with van der Waals surface area (Å²) in [5.41, 5.74) is 2.01. The summed E-state index contributed by atoms with van der Waals surface area (Å²) in [5.74, 6) is -0.962. The normalized spacial score (nSPS) is 10.6. The van der Waals surface area contributed by atoms with Crippen molar-refractivity contribution in [3.8, 4) is 0 Å². The number of fused-ring (bicyclic) bond motifs is 1. The van der Waals surface area contributed by atoms with Gasteiger partial charge in [0.05, 0.1) is 17.7 Å². The first kappa shape index (κ1) is 13.3. The second-order valence-corrected chi connectivity index (χ2v) is 4.32. The van der Waals surface area contributed by atoms with Crippen molar-refractivity contribution in [2.45, 2.75) is 0 Å². The molecule has 0 atom stereocenters. The number of aromatic nitrogens is 1. The van der Waals surface area contributed by atoms with Crippen LogP contribution in [0.1, 0.15) is 10.4 Å². The smallest absolute Gasteiger partial charge is 0.337 e. The molecule has 0 saturated heterocycles. The number of carboxylic acids is 1. The van der Waals surface area contributed by atoms with Crippen molar-refractivity contribution in [1.29, 1.82) is 0 Å². The summed E-state index contributed by atoms with van der Waals surface area (Å²) in [4.78, 5) is 17.1. The maximum Gasteiger partial charge on any atom is 0.337 e. The van der Waals surface area contributed by atoms with E-state index in [0.717, 1.165) is 23.1 Å². The number of rotatable bonds is 5. The minimum Gasteiger partial charge on any atom is -0.478 e. The highest BCUT2D eigenvalue weighted by atomic mass is 16.5. The SMILES string of the molecule is COCCN(C)c1ccc2cc(C(=O)O)cnc2c1. The Labute approximate surface area is 111 Å². The molecule has 5 nitrogen and oxygen atoms in total. The molecule has 19 heavy (non-hydrogen) atoms. The van der Waals surface area contributed by atoms with Crippen molar-refractivity contribution in [3.05, 3.63) is 36.0 Å². The van der Waals surface area contributed by atoms with Crippen LogP contribution in [-0.2, 0) is 4.74 Å². The van der Waals surface area contributed by atoms with E-state index in [1.165, 1.54) is 6.20 Å². The number of ether oxygens (including phenoxy) is 1. The van der Waals surface area contributed by atoms with Crippen LogP contribution < -0.4 is 4.90 Å². The monoisotopic (exact) mass is 260 g/mol. The maximum absolute atomic E-state index is 10.9. The van der Waals surface area contributed by atoms with Crippen molar-refractivity contribution in [2.75, 3.05) is 32.2 Å². The van der Waals surface area contributed by atoms with Gasteiger partial charge in [0.15, 0.2) is 0 Å². The highest BCUT2D eigenvalue weighted by Gasteiger charge is 2.06. The first-order valence-corrected chi connectivity index (χ1v) is 5.95. The largest absolute Gasteiger partial charge is 0.478 e. The van der Waals surface area contributed by atoms with Gasteiger partial charge in [-0.25, -0.2) is 4.79 Å². The molecule has 0 radical (unpaired) electrons. The number of anilines is 1. The minimum atomic E-state index is -0.962. The molecule has 2 aromatic rings. The van der Waals surface area contributed by atoms with Gasteiger partial charge in [0, 0.05) is 38.0 Å². The van der Waals surface area contributed by atoms with Crippen LogP contribution >= 0.6 is 0 Å². The summed E-state index contributed by atoms with van der Waals surface area (Å²) in [7, 11) is 3.65. The fourth-order valence-corrected chi connectivity index (χ4v) is 1.82. The third-order valence-corrected chi connectivity index (χ3v) is 2.99. The maximum atomic E-state index is 10.9. The molecule has 1 aromatic heterocycles. The first-order chi connectivity index (χ1) is 9.11. The Bertz CT molecular complexity index is 598. The standard InChI is InChI=1S/C14H16N2O3/c1-16(5-6-19-2)12-4-3-10-7-11(14(17)18)9-15-13(10)8-12/h3-4,7-9H,5-6H2,1-2H3,(H,17,18). The Morgan fingerprint density at radius 3 is 2.89 bits per heavy atom. The molecule has 1 N–H and O–H groups in total. The zero-order valence-corrected chi connectivity index (χ0v) is 11.0. The molecule has 0 aliphatic heterocycles. The number of methoxy groups -OCH3 is 1. The van der Waals surface area contributed by atoms with Crippen molar-refractivity contribution in [2.24, 2.45) is 0 Å². The van der Waals surface area contributed by atoms with E-state index in [0.29, 0.717) is 6.61 Å². The minimum absolute atomic E-state index is 0.202. The molecule has 0 aliphatic carbocycles. The predicted octanol–water partition coefficient (Wildman–Crippen LogP) is 2.02. The second kappa shape index (κ2) is 5.67. The number of likely N-dealkylation sites (N-methyl/N-ethyl adjacent to an activating group) is 1. The number of carbonyl (C=O) groups is 1. The Kier molecular flexibility index (Phi) is 3.97. The number of aromatic carboxylic acids is 1. The van der Waals surface area contributed by atoms with Gasteiger partial charge < -0.3 is 14.7 Å². The summed E-state index contributed by atoms with van der Waals surface area (Å²) >= 11 is 0. The van der Waals surface area contributed by atoms with E-state index in [-0.39, 0.29) is 5.56 Å². The molecular weight excluding hydrogens is 244 g/mol. The molecule has 1 aromatic carbocycles. The molecular formula is C14H16N2O3. The van der Waals surface area contributed by atoms with E-state index in [1.54, 1.807) is 13.2 Å². The van der Waals surface area contributed by atoms with Crippen LogP contribution in [0, 0.1) is 0 Å². The van der Waals surface area contributed by atoms with Crippen molar-refractivity contribution in [1.82, 2.24) is 4.98 Å². The van der Waals surface area contributed by atoms with E-state index in [2.05, 4.69) is 9.88 Å². The van der Waals surface area contributed by atoms with Crippen molar-refractivity contribution in [3.63, 3.8) is 0 Å². The van der Waals surface area contributed by atoms with Crippen LogP contribution in [0.3, 0.4) is 0 Å². The molecule has 1 heterocycles. The predicted molar refractivity (Wildman–Crippen MR) is 73.8 cm³/mol. The average molecular weight is 260 g/mol. The zero-order chi connectivity index (χ0) is 13.8. The first-order valence-electron chi connectivity index (χ1n) is 5.95. The Balaban J connectivity index is 2.31. The van der Waals surface area contributed by atoms with Crippen LogP contribution in [0.25, 0.3) is 10.9 Å². The van der Waals surface area contributed by atoms with Gasteiger partial charge in [-0.15, -0.1) is 0 Å². The number of nitrogens with zero attached hydrogens (tertiary/aromatic N) is 2. The lowest BCUT2D eigenvalue weighted by Gasteiger charge is -2.19. The number of hydrogen-bond acceptors (Lipinski definition) is 4. The summed E-state index contributed by atoms with van der Waals surface area (Å²) in [6.45, 7) is 1.44. The lowest BCUT2D eigenvalue weighted by atomic mass is 10.1. The van der Waals surface area contributed by atoms with Crippen LogP contribution in [-0.4, -0.2) is 43.4 Å². The molecule has 0 saturated carbocycles. The quantitative estimate of drug-likeness (QED) is 0.891. The third-order valence-electron chi connectivity index (χ3n) is 2.99. The molecule has 0 spiro atoms. The second-order valence-electron chi connectivity index (χ2n) is 4.32. The molecule has 0 fully saturated rings. The van der Waals surface area contributed by atoms with Crippen LogP contribution in [0.15, 0.2) is 30.5 Å². The van der Waals surface area contributed by atoms with Gasteiger partial charge in [-0.05, 0) is 18.2 Å². The topological polar surface area (TPSA) is 62.7 Å². The molecule has 0 bridgehead atoms. The third kappa shape index (κ3) is 3.00. The number of carboxylic acid groups (broad SMARTS) is 1. The van der Waals surface area contributed by atoms with E-state index >= 15 is 0 Å². The lowest BCUT2D eigenvalue weighted by Crippen LogP contribution is -2.21. The van der Waals surface area contributed by atoms with Gasteiger partial charge in [0.25, 0.3) is 0 Å². The fraction of sp³-hybridized carbons (Fsp3) is 0.286. The lowest BCUT2D eigenvalue weighted by molar-refractivity contribution is 0.0696. The summed E-state index contributed by atoms with van der Waals surface area (Å²) in [6.07, 6.45) is 1.38. The fourth-order valence-electron chi connectivity index (χ4n) is 1.82. The van der Waals surface area contributed by atoms with E-state index in [1.807, 2.05) is 25.2 Å². The van der Waals surface area contributed by atoms with E-state index in [4.69, 9.17) is 9.84 Å². The van der Waals surface area contributed by atoms with E-state index < -0.39 is 5.97 Å². The Hall–Kier alpha value is -2.14. The van der Waals surface area contributed by atoms with Crippen LogP contribution in [0.5, 0.6) is 0 Å². The Morgan fingerprint density at radius 2 is 2.21 bits per heavy atom. The van der Waals surface area contributed by atoms with Crippen LogP contribution in [0.2, 0.25) is 0 Å². The zero-order valence-electron chi connectivity index (χ0n) is 11.0. The van der Waals surface area contributed by atoms with Gasteiger partial charge in [-0.1, -0.05) is 6.07 Å². The molecule has 2 rings (SSSR count). The number of hydrogen-bond donors (Lipinski definition) is 1. The molecule has 0 unspecified atom stereocenters. The molecule has 0 amide bonds. The highest BCUT2D eigenvalue weighted by molar-refractivity contribution is 5.93. The number of pyridine rings is 1. The van der Waals surface area contributed by atoms with Gasteiger partial charge >= 0.3 is 5.97 Å². The summed E-state index contributed by atoms with van der Waals surface area (Å²) in [6, 6.07) is 7.40. The van der Waals surface area contributed by atoms with E-state index in [9.17, 15) is 4.79 Å². The highest BCUT2D eigenvalue weighted by Crippen LogP contribution is 2.20. The molecule has 0 aliphatic rings. The Morgan fingerprint density at radius 1 is 1.42 bits per heavy atom. The number of benzene rings is 1. The summed E-state index contributed by atoms with van der Waals surface area (Å²) in [5, 5.41) is 9.75. The molecule has 5 heteroatoms. The average Bonchev–Trinajstić information content (AvgIpc) is 2.43. The van der Waals surface area contributed by atoms with Crippen molar-refractivity contribution >= 4 is 22.6 Å². The summed E-state index contributed by atoms with van der Waals surface area (Å²) < 4.78 is 5.04. The van der Waals surface area contributed by atoms with Crippen molar-refractivity contribution < 1.29 is 14.6 Å². The van der Waals surface area contributed by atoms with Crippen LogP contribution in [0.4, 0.5) is 5.69 Å². The molecule has 100 valence electrons. The van der Waals surface area contributed by atoms with Gasteiger partial charge in [-0.2, -0.15) is 0 Å². The van der Waals surface area contributed by atoms with Gasteiger partial charge in [-0.3, -0.25) is 4.98 Å².